The predicted octanol–water partition coefficient (Wildman–Crippen LogP) is 5.53. The quantitative estimate of drug-likeness (QED) is 0.301. The van der Waals surface area contributed by atoms with Gasteiger partial charge >= 0.3 is 0 Å². The van der Waals surface area contributed by atoms with E-state index in [2.05, 4.69) is 9.88 Å². The van der Waals surface area contributed by atoms with Crippen molar-refractivity contribution in [3.05, 3.63) is 81.6 Å². The Morgan fingerprint density at radius 3 is 2.16 bits per heavy atom. The van der Waals surface area contributed by atoms with Gasteiger partial charge in [-0.3, -0.25) is 14.6 Å². The maximum atomic E-state index is 13.9. The van der Waals surface area contributed by atoms with Crippen LogP contribution in [-0.2, 0) is 15.6 Å². The second-order valence-electron chi connectivity index (χ2n) is 11.6. The van der Waals surface area contributed by atoms with Crippen LogP contribution in [0.2, 0.25) is 10.0 Å². The highest BCUT2D eigenvalue weighted by molar-refractivity contribution is 6.42. The van der Waals surface area contributed by atoms with Gasteiger partial charge in [-0.1, -0.05) is 35.3 Å². The molecule has 2 amide bonds. The van der Waals surface area contributed by atoms with Crippen molar-refractivity contribution in [2.75, 3.05) is 54.1 Å². The van der Waals surface area contributed by atoms with Crippen LogP contribution >= 0.6 is 35.6 Å². The van der Waals surface area contributed by atoms with E-state index in [1.807, 2.05) is 41.3 Å². The molecular formula is C33H39Cl3N4O5. The zero-order chi connectivity index (χ0) is 31.5. The van der Waals surface area contributed by atoms with Gasteiger partial charge in [0.2, 0.25) is 11.7 Å². The molecule has 3 heterocycles. The summed E-state index contributed by atoms with van der Waals surface area (Å²) in [6, 6.07) is 14.7. The third-order valence-corrected chi connectivity index (χ3v) is 10.1. The Balaban J connectivity index is 0.00000461. The fourth-order valence-electron chi connectivity index (χ4n) is 6.65. The van der Waals surface area contributed by atoms with E-state index >= 15 is 0 Å². The summed E-state index contributed by atoms with van der Waals surface area (Å²) in [5.74, 6) is 0.828. The van der Waals surface area contributed by atoms with Crippen LogP contribution in [0.4, 0.5) is 0 Å². The van der Waals surface area contributed by atoms with Crippen molar-refractivity contribution < 1.29 is 23.8 Å². The molecule has 1 aromatic heterocycles. The van der Waals surface area contributed by atoms with E-state index in [4.69, 9.17) is 43.1 Å². The molecule has 12 heteroatoms. The van der Waals surface area contributed by atoms with Crippen molar-refractivity contribution >= 4 is 47.4 Å². The lowest BCUT2D eigenvalue weighted by Crippen LogP contribution is -2.51. The number of halogens is 3. The Morgan fingerprint density at radius 2 is 1.60 bits per heavy atom. The Hall–Kier alpha value is -3.24. The molecule has 0 spiro atoms. The van der Waals surface area contributed by atoms with Crippen LogP contribution in [0.25, 0.3) is 0 Å². The highest BCUT2D eigenvalue weighted by Gasteiger charge is 2.45. The number of nitrogens with zero attached hydrogens (tertiary/aromatic N) is 3. The third kappa shape index (κ3) is 6.82. The van der Waals surface area contributed by atoms with Crippen molar-refractivity contribution in [3.8, 4) is 17.2 Å². The Morgan fingerprint density at radius 1 is 0.911 bits per heavy atom. The molecule has 2 aliphatic rings. The second kappa shape index (κ2) is 14.5. The van der Waals surface area contributed by atoms with Gasteiger partial charge in [0.1, 0.15) is 0 Å². The Kier molecular flexibility index (Phi) is 11.1. The highest BCUT2D eigenvalue weighted by Crippen LogP contribution is 2.43. The van der Waals surface area contributed by atoms with E-state index in [1.165, 1.54) is 21.3 Å². The van der Waals surface area contributed by atoms with Gasteiger partial charge in [0.25, 0.3) is 5.91 Å². The van der Waals surface area contributed by atoms with Gasteiger partial charge in [0.05, 0.1) is 42.5 Å². The molecule has 0 saturated carbocycles. The number of methoxy groups -OCH3 is 3. The first-order valence-electron chi connectivity index (χ1n) is 14.6. The number of likely N-dealkylation sites (tertiary alicyclic amines) is 2. The van der Waals surface area contributed by atoms with Crippen LogP contribution < -0.4 is 19.9 Å². The van der Waals surface area contributed by atoms with E-state index in [0.717, 1.165) is 30.6 Å². The molecular weight excluding hydrogens is 639 g/mol. The minimum Gasteiger partial charge on any atom is -0.493 e. The molecule has 2 aromatic carbocycles. The fraction of sp³-hybridized carbons (Fsp3) is 0.424. The number of hydrogen-bond donors (Lipinski definition) is 1. The number of nitrogens with two attached hydrogens (primary N) is 1. The van der Waals surface area contributed by atoms with Gasteiger partial charge in [-0.15, -0.1) is 12.4 Å². The average molecular weight is 678 g/mol. The lowest BCUT2D eigenvalue weighted by atomic mass is 9.73. The van der Waals surface area contributed by atoms with Gasteiger partial charge in [-0.2, -0.15) is 0 Å². The minimum absolute atomic E-state index is 0. The molecule has 0 aliphatic carbocycles. The van der Waals surface area contributed by atoms with Crippen molar-refractivity contribution in [2.45, 2.75) is 36.5 Å². The summed E-state index contributed by atoms with van der Waals surface area (Å²) in [6.45, 7) is 3.28. The van der Waals surface area contributed by atoms with E-state index in [-0.39, 0.29) is 29.6 Å². The van der Waals surface area contributed by atoms with Gasteiger partial charge in [0.15, 0.2) is 11.5 Å². The maximum Gasteiger partial charge on any atom is 0.254 e. The molecule has 2 N–H and O–H groups in total. The molecule has 45 heavy (non-hydrogen) atoms. The first-order chi connectivity index (χ1) is 21.2. The van der Waals surface area contributed by atoms with Gasteiger partial charge in [-0.25, -0.2) is 0 Å². The number of benzene rings is 2. The molecule has 9 nitrogen and oxygen atoms in total. The number of amides is 2. The highest BCUT2D eigenvalue weighted by atomic mass is 35.5. The lowest BCUT2D eigenvalue weighted by Gasteiger charge is -2.40. The monoisotopic (exact) mass is 676 g/mol. The Labute approximate surface area is 280 Å². The van der Waals surface area contributed by atoms with Crippen molar-refractivity contribution in [1.29, 1.82) is 0 Å². The molecule has 0 bridgehead atoms. The van der Waals surface area contributed by atoms with E-state index in [9.17, 15) is 9.59 Å². The number of piperidine rings is 1. The topological polar surface area (TPSA) is 107 Å². The maximum absolute atomic E-state index is 13.9. The fourth-order valence-corrected chi connectivity index (χ4v) is 6.95. The van der Waals surface area contributed by atoms with Crippen molar-refractivity contribution in [2.24, 2.45) is 5.73 Å². The van der Waals surface area contributed by atoms with E-state index < -0.39 is 5.41 Å². The standard InChI is InChI=1S/C33H38Cl2N4O5.ClH/c1-42-26-18-22(19-27(43-2)29(26)44-3)30(40)39-17-10-32(21-39,23-7-8-24(34)25(35)20-23)9-14-38-15-11-33(12-16-38,31(36)41)28-6-4-5-13-37-28;/h4-8,13,18-20H,9-12,14-17,21H2,1-3H3,(H2,36,41);1H. The number of carbonyl (C=O) groups excluding carboxylic acids is 2. The van der Waals surface area contributed by atoms with Crippen LogP contribution in [0.5, 0.6) is 17.2 Å². The van der Waals surface area contributed by atoms with Gasteiger partial charge < -0.3 is 29.7 Å². The number of hydrogen-bond acceptors (Lipinski definition) is 7. The Bertz CT molecular complexity index is 1490. The number of pyridine rings is 1. The van der Waals surface area contributed by atoms with Crippen molar-refractivity contribution in [1.82, 2.24) is 14.8 Å². The molecule has 3 aromatic rings. The zero-order valence-electron chi connectivity index (χ0n) is 25.7. The molecule has 5 rings (SSSR count). The van der Waals surface area contributed by atoms with Gasteiger partial charge in [0, 0.05) is 30.3 Å². The summed E-state index contributed by atoms with van der Waals surface area (Å²) in [4.78, 5) is 35.2. The molecule has 2 saturated heterocycles. The summed E-state index contributed by atoms with van der Waals surface area (Å²) in [5.41, 5.74) is 7.06. The van der Waals surface area contributed by atoms with Crippen LogP contribution in [-0.4, -0.2) is 80.7 Å². The van der Waals surface area contributed by atoms with Crippen LogP contribution in [0.15, 0.2) is 54.7 Å². The molecule has 2 fully saturated rings. The van der Waals surface area contributed by atoms with Crippen LogP contribution in [0.1, 0.15) is 47.3 Å². The van der Waals surface area contributed by atoms with Crippen LogP contribution in [0, 0.1) is 0 Å². The normalized spacial score (nSPS) is 19.4. The molecule has 2 aliphatic heterocycles. The molecule has 242 valence electrons. The lowest BCUT2D eigenvalue weighted by molar-refractivity contribution is -0.125. The smallest absolute Gasteiger partial charge is 0.254 e. The molecule has 1 atom stereocenters. The van der Waals surface area contributed by atoms with Gasteiger partial charge in [-0.05, 0) is 87.3 Å². The summed E-state index contributed by atoms with van der Waals surface area (Å²) >= 11 is 12.8. The molecule has 1 unspecified atom stereocenters. The minimum atomic E-state index is -0.768. The number of aromatic nitrogens is 1. The molecule has 0 radical (unpaired) electrons. The average Bonchev–Trinajstić information content (AvgIpc) is 3.50. The summed E-state index contributed by atoms with van der Waals surface area (Å²) in [5, 5.41) is 0.972. The van der Waals surface area contributed by atoms with E-state index in [0.29, 0.717) is 71.9 Å². The number of primary amides is 1. The summed E-state index contributed by atoms with van der Waals surface area (Å²) in [6.07, 6.45) is 4.46. The first-order valence-corrected chi connectivity index (χ1v) is 15.4. The third-order valence-electron chi connectivity index (χ3n) is 9.33. The SMILES string of the molecule is COc1cc(C(=O)N2CCC(CCN3CCC(C(N)=O)(c4ccccn4)CC3)(c3ccc(Cl)c(Cl)c3)C2)cc(OC)c1OC.Cl. The number of carbonyl (C=O) groups is 2. The number of ether oxygens (including phenoxy) is 3. The zero-order valence-corrected chi connectivity index (χ0v) is 28.0. The van der Waals surface area contributed by atoms with E-state index in [1.54, 1.807) is 18.3 Å². The van der Waals surface area contributed by atoms with Crippen LogP contribution in [0.3, 0.4) is 0 Å². The predicted molar refractivity (Wildman–Crippen MR) is 177 cm³/mol. The summed E-state index contributed by atoms with van der Waals surface area (Å²) < 4.78 is 16.4. The second-order valence-corrected chi connectivity index (χ2v) is 12.4. The first kappa shape index (κ1) is 34.6. The largest absolute Gasteiger partial charge is 0.493 e. The number of rotatable bonds is 10. The summed E-state index contributed by atoms with van der Waals surface area (Å²) in [7, 11) is 4.59. The van der Waals surface area contributed by atoms with Crippen molar-refractivity contribution in [3.63, 3.8) is 0 Å².